The smallest absolute Gasteiger partial charge is 0.317 e. The molecule has 0 bridgehead atoms. The fourth-order valence-corrected chi connectivity index (χ4v) is 2.85. The highest BCUT2D eigenvalue weighted by atomic mass is 16.2. The third-order valence-corrected chi connectivity index (χ3v) is 4.50. The summed E-state index contributed by atoms with van der Waals surface area (Å²) in [7, 11) is 0. The summed E-state index contributed by atoms with van der Waals surface area (Å²) in [6.45, 7) is 2.98. The Bertz CT molecular complexity index is 293. The zero-order valence-corrected chi connectivity index (χ0v) is 11.2. The van der Waals surface area contributed by atoms with Gasteiger partial charge in [0.2, 0.25) is 0 Å². The summed E-state index contributed by atoms with van der Waals surface area (Å²) in [5.41, 5.74) is 0. The van der Waals surface area contributed by atoms with E-state index in [4.69, 9.17) is 0 Å². The first-order valence-corrected chi connectivity index (χ1v) is 7.60. The monoisotopic (exact) mass is 251 g/mol. The summed E-state index contributed by atoms with van der Waals surface area (Å²) in [6, 6.07) is 1.16. The molecule has 1 unspecified atom stereocenters. The molecule has 3 fully saturated rings. The summed E-state index contributed by atoms with van der Waals surface area (Å²) in [4.78, 5) is 14.4. The molecule has 1 atom stereocenters. The maximum absolute atomic E-state index is 12.3. The minimum Gasteiger partial charge on any atom is -0.335 e. The van der Waals surface area contributed by atoms with Crippen LogP contribution in [0.1, 0.15) is 44.9 Å². The van der Waals surface area contributed by atoms with E-state index >= 15 is 0 Å². The fourth-order valence-electron chi connectivity index (χ4n) is 2.85. The molecule has 0 radical (unpaired) electrons. The average molecular weight is 251 g/mol. The molecule has 1 aliphatic heterocycles. The average Bonchev–Trinajstić information content (AvgIpc) is 2.97. The minimum absolute atomic E-state index is 0.181. The number of rotatable bonds is 5. The van der Waals surface area contributed by atoms with Crippen molar-refractivity contribution in [1.29, 1.82) is 0 Å². The normalized spacial score (nSPS) is 27.9. The van der Waals surface area contributed by atoms with Crippen molar-refractivity contribution in [3.63, 3.8) is 0 Å². The number of urea groups is 1. The quantitative estimate of drug-likeness (QED) is 0.781. The van der Waals surface area contributed by atoms with E-state index in [2.05, 4.69) is 15.5 Å². The molecule has 0 aromatic carbocycles. The van der Waals surface area contributed by atoms with Gasteiger partial charge < -0.3 is 15.5 Å². The number of carbonyl (C=O) groups is 1. The Balaban J connectivity index is 1.50. The van der Waals surface area contributed by atoms with Crippen molar-refractivity contribution in [1.82, 2.24) is 15.5 Å². The van der Waals surface area contributed by atoms with Crippen molar-refractivity contribution in [2.24, 2.45) is 5.92 Å². The van der Waals surface area contributed by atoms with Gasteiger partial charge in [-0.3, -0.25) is 0 Å². The lowest BCUT2D eigenvalue weighted by molar-refractivity contribution is 0.179. The molecule has 102 valence electrons. The Hall–Kier alpha value is -0.770. The molecule has 2 N–H and O–H groups in total. The van der Waals surface area contributed by atoms with Gasteiger partial charge in [0.05, 0.1) is 0 Å². The van der Waals surface area contributed by atoms with E-state index in [1.807, 2.05) is 0 Å². The molecule has 0 spiro atoms. The van der Waals surface area contributed by atoms with E-state index in [0.29, 0.717) is 12.1 Å². The topological polar surface area (TPSA) is 44.4 Å². The van der Waals surface area contributed by atoms with Crippen LogP contribution in [0.15, 0.2) is 0 Å². The van der Waals surface area contributed by atoms with Gasteiger partial charge >= 0.3 is 6.03 Å². The number of carbonyl (C=O) groups excluding carboxylic acids is 1. The standard InChI is InChI=1S/C14H25N3O/c18-14(16-12-3-1-4-12)17(9-11-6-7-11)10-13-5-2-8-15-13/h11-13,15H,1-10H2,(H,16,18). The van der Waals surface area contributed by atoms with Gasteiger partial charge in [0, 0.05) is 25.2 Å². The molecule has 2 aliphatic carbocycles. The second kappa shape index (κ2) is 5.47. The molecule has 4 nitrogen and oxygen atoms in total. The van der Waals surface area contributed by atoms with E-state index in [0.717, 1.165) is 25.6 Å². The third-order valence-electron chi connectivity index (χ3n) is 4.50. The molecule has 0 aromatic rings. The fraction of sp³-hybridized carbons (Fsp3) is 0.929. The lowest BCUT2D eigenvalue weighted by Gasteiger charge is -2.32. The number of amides is 2. The van der Waals surface area contributed by atoms with E-state index in [1.165, 1.54) is 44.9 Å². The van der Waals surface area contributed by atoms with E-state index in [9.17, 15) is 4.79 Å². The summed E-state index contributed by atoms with van der Waals surface area (Å²) in [6.07, 6.45) is 8.72. The van der Waals surface area contributed by atoms with Crippen molar-refractivity contribution in [2.45, 2.75) is 57.0 Å². The number of nitrogens with one attached hydrogen (secondary N) is 2. The van der Waals surface area contributed by atoms with Crippen molar-refractivity contribution in [3.8, 4) is 0 Å². The molecule has 3 aliphatic rings. The number of hydrogen-bond donors (Lipinski definition) is 2. The number of hydrogen-bond acceptors (Lipinski definition) is 2. The Kier molecular flexibility index (Phi) is 3.73. The Labute approximate surface area is 109 Å². The molecule has 2 saturated carbocycles. The van der Waals surface area contributed by atoms with Crippen LogP contribution in [0.2, 0.25) is 0 Å². The zero-order chi connectivity index (χ0) is 12.4. The van der Waals surface area contributed by atoms with Crippen LogP contribution in [0.4, 0.5) is 4.79 Å². The molecule has 0 aromatic heterocycles. The van der Waals surface area contributed by atoms with Gasteiger partial charge in [0.15, 0.2) is 0 Å². The van der Waals surface area contributed by atoms with Crippen LogP contribution in [-0.4, -0.2) is 42.6 Å². The summed E-state index contributed by atoms with van der Waals surface area (Å²) in [5.74, 6) is 0.776. The molecular weight excluding hydrogens is 226 g/mol. The largest absolute Gasteiger partial charge is 0.335 e. The molecular formula is C14H25N3O. The van der Waals surface area contributed by atoms with Gasteiger partial charge in [0.1, 0.15) is 0 Å². The highest BCUT2D eigenvalue weighted by Crippen LogP contribution is 2.30. The number of nitrogens with zero attached hydrogens (tertiary/aromatic N) is 1. The Morgan fingerprint density at radius 1 is 1.11 bits per heavy atom. The minimum atomic E-state index is 0.181. The summed E-state index contributed by atoms with van der Waals surface area (Å²) >= 11 is 0. The van der Waals surface area contributed by atoms with Crippen LogP contribution in [0.25, 0.3) is 0 Å². The van der Waals surface area contributed by atoms with Crippen LogP contribution in [0.5, 0.6) is 0 Å². The molecule has 2 amide bonds. The van der Waals surface area contributed by atoms with Crippen LogP contribution >= 0.6 is 0 Å². The highest BCUT2D eigenvalue weighted by Gasteiger charge is 2.30. The van der Waals surface area contributed by atoms with Gasteiger partial charge in [-0.05, 0) is 57.4 Å². The van der Waals surface area contributed by atoms with Crippen molar-refractivity contribution < 1.29 is 4.79 Å². The van der Waals surface area contributed by atoms with Gasteiger partial charge in [-0.1, -0.05) is 0 Å². The molecule has 4 heteroatoms. The van der Waals surface area contributed by atoms with Crippen LogP contribution in [0, 0.1) is 5.92 Å². The van der Waals surface area contributed by atoms with E-state index < -0.39 is 0 Å². The van der Waals surface area contributed by atoms with Crippen molar-refractivity contribution >= 4 is 6.03 Å². The van der Waals surface area contributed by atoms with E-state index in [-0.39, 0.29) is 6.03 Å². The second-order valence-corrected chi connectivity index (χ2v) is 6.22. The first-order chi connectivity index (χ1) is 8.81. The SMILES string of the molecule is O=C(NC1CCC1)N(CC1CC1)CC1CCCN1. The highest BCUT2D eigenvalue weighted by molar-refractivity contribution is 5.74. The van der Waals surface area contributed by atoms with Gasteiger partial charge in [-0.2, -0.15) is 0 Å². The Morgan fingerprint density at radius 2 is 1.94 bits per heavy atom. The van der Waals surface area contributed by atoms with Crippen molar-refractivity contribution in [3.05, 3.63) is 0 Å². The molecule has 18 heavy (non-hydrogen) atoms. The summed E-state index contributed by atoms with van der Waals surface area (Å²) < 4.78 is 0. The maximum atomic E-state index is 12.3. The van der Waals surface area contributed by atoms with Gasteiger partial charge in [-0.15, -0.1) is 0 Å². The third kappa shape index (κ3) is 3.16. The maximum Gasteiger partial charge on any atom is 0.317 e. The molecule has 1 saturated heterocycles. The van der Waals surface area contributed by atoms with Gasteiger partial charge in [-0.25, -0.2) is 4.79 Å². The predicted octanol–water partition coefficient (Wildman–Crippen LogP) is 1.71. The predicted molar refractivity (Wildman–Crippen MR) is 71.5 cm³/mol. The van der Waals surface area contributed by atoms with Crippen molar-refractivity contribution in [2.75, 3.05) is 19.6 Å². The Morgan fingerprint density at radius 3 is 2.50 bits per heavy atom. The lowest BCUT2D eigenvalue weighted by atomic mass is 9.93. The van der Waals surface area contributed by atoms with Crippen LogP contribution in [-0.2, 0) is 0 Å². The first-order valence-electron chi connectivity index (χ1n) is 7.60. The zero-order valence-electron chi connectivity index (χ0n) is 11.2. The van der Waals surface area contributed by atoms with Crippen LogP contribution < -0.4 is 10.6 Å². The first kappa shape index (κ1) is 12.3. The molecule has 3 rings (SSSR count). The van der Waals surface area contributed by atoms with Gasteiger partial charge in [0.25, 0.3) is 0 Å². The van der Waals surface area contributed by atoms with E-state index in [1.54, 1.807) is 0 Å². The molecule has 1 heterocycles. The van der Waals surface area contributed by atoms with Crippen LogP contribution in [0.3, 0.4) is 0 Å². The second-order valence-electron chi connectivity index (χ2n) is 6.22. The lowest BCUT2D eigenvalue weighted by Crippen LogP contribution is -2.51. The summed E-state index contributed by atoms with van der Waals surface area (Å²) in [5, 5.41) is 6.68.